The summed E-state index contributed by atoms with van der Waals surface area (Å²) in [6, 6.07) is 4.00. The first-order chi connectivity index (χ1) is 11.7. The van der Waals surface area contributed by atoms with Gasteiger partial charge >= 0.3 is 0 Å². The zero-order valence-corrected chi connectivity index (χ0v) is 14.4. The molecule has 25 heavy (non-hydrogen) atoms. The fourth-order valence-corrected chi connectivity index (χ4v) is 6.37. The minimum atomic E-state index is -2.90. The molecule has 1 saturated carbocycles. The van der Waals surface area contributed by atoms with Crippen LogP contribution in [0.4, 0.5) is 4.39 Å². The number of aryl methyl sites for hydroxylation is 1. The van der Waals surface area contributed by atoms with Crippen LogP contribution < -0.4 is 10.9 Å². The monoisotopic (exact) mass is 364 g/mol. The van der Waals surface area contributed by atoms with Gasteiger partial charge in [0.2, 0.25) is 5.56 Å². The number of pyridine rings is 1. The van der Waals surface area contributed by atoms with Crippen molar-refractivity contribution in [3.8, 4) is 0 Å². The number of carbonyl (C=O) groups excluding carboxylic acids is 1. The minimum Gasteiger partial charge on any atom is -0.349 e. The van der Waals surface area contributed by atoms with Gasteiger partial charge in [0, 0.05) is 22.9 Å². The molecular weight excluding hydrogens is 347 g/mol. The van der Waals surface area contributed by atoms with Gasteiger partial charge in [-0.25, -0.2) is 12.8 Å². The van der Waals surface area contributed by atoms with Crippen molar-refractivity contribution in [2.75, 3.05) is 11.5 Å². The number of amides is 1. The average molecular weight is 364 g/mol. The molecule has 2 heterocycles. The molecule has 2 N–H and O–H groups in total. The topological polar surface area (TPSA) is 96.1 Å². The zero-order valence-electron chi connectivity index (χ0n) is 13.6. The van der Waals surface area contributed by atoms with Crippen LogP contribution in [0.5, 0.6) is 0 Å². The predicted octanol–water partition coefficient (Wildman–Crippen LogP) is 1.28. The van der Waals surface area contributed by atoms with Crippen LogP contribution in [0.25, 0.3) is 10.9 Å². The van der Waals surface area contributed by atoms with E-state index < -0.39 is 27.1 Å². The highest BCUT2D eigenvalue weighted by Gasteiger charge is 2.56. The first kappa shape index (κ1) is 16.3. The van der Waals surface area contributed by atoms with E-state index in [9.17, 15) is 22.4 Å². The molecular formula is C17H17FN2O4S. The highest BCUT2D eigenvalue weighted by atomic mass is 32.2. The third-order valence-electron chi connectivity index (χ3n) is 5.04. The summed E-state index contributed by atoms with van der Waals surface area (Å²) >= 11 is 0. The van der Waals surface area contributed by atoms with Gasteiger partial charge in [0.1, 0.15) is 5.82 Å². The quantitative estimate of drug-likeness (QED) is 0.839. The van der Waals surface area contributed by atoms with E-state index in [1.807, 2.05) is 0 Å². The standard InChI is InChI=1S/C17H17FN2O4S/c1-9-2-11-12(4-14(21)20-15(11)13(18)3-9)16(22)19-10-5-17(6-10)7-25(23,24)8-17/h2-4,10H,5-8H2,1H3,(H,19,22)(H,20,21). The van der Waals surface area contributed by atoms with Crippen LogP contribution in [0.2, 0.25) is 0 Å². The maximum absolute atomic E-state index is 14.1. The van der Waals surface area contributed by atoms with Crippen molar-refractivity contribution in [3.05, 3.63) is 45.5 Å². The van der Waals surface area contributed by atoms with Gasteiger partial charge in [0.25, 0.3) is 5.91 Å². The molecule has 1 aromatic carbocycles. The Morgan fingerprint density at radius 1 is 1.28 bits per heavy atom. The Morgan fingerprint density at radius 3 is 2.60 bits per heavy atom. The van der Waals surface area contributed by atoms with E-state index in [1.165, 1.54) is 12.1 Å². The smallest absolute Gasteiger partial charge is 0.252 e. The molecule has 1 saturated heterocycles. The Labute approximate surface area is 143 Å². The van der Waals surface area contributed by atoms with Gasteiger partial charge in [-0.3, -0.25) is 9.59 Å². The maximum Gasteiger partial charge on any atom is 0.252 e. The predicted molar refractivity (Wildman–Crippen MR) is 90.8 cm³/mol. The number of sulfone groups is 1. The molecule has 1 spiro atoms. The molecule has 0 unspecified atom stereocenters. The number of aromatic amines is 1. The maximum atomic E-state index is 14.1. The van der Waals surface area contributed by atoms with E-state index in [1.54, 1.807) is 13.0 Å². The molecule has 132 valence electrons. The van der Waals surface area contributed by atoms with Crippen molar-refractivity contribution in [3.63, 3.8) is 0 Å². The van der Waals surface area contributed by atoms with E-state index in [-0.39, 0.29) is 34.0 Å². The average Bonchev–Trinajstić information content (AvgIpc) is 2.43. The summed E-state index contributed by atoms with van der Waals surface area (Å²) in [7, 11) is -2.90. The second kappa shape index (κ2) is 5.14. The lowest BCUT2D eigenvalue weighted by Gasteiger charge is -2.53. The van der Waals surface area contributed by atoms with Crippen LogP contribution in [0.1, 0.15) is 28.8 Å². The number of carbonyl (C=O) groups is 1. The first-order valence-electron chi connectivity index (χ1n) is 8.01. The second-order valence-electron chi connectivity index (χ2n) is 7.33. The molecule has 1 aliphatic carbocycles. The molecule has 4 rings (SSSR count). The molecule has 2 aromatic rings. The molecule has 6 nitrogen and oxygen atoms in total. The van der Waals surface area contributed by atoms with Crippen molar-refractivity contribution >= 4 is 26.6 Å². The van der Waals surface area contributed by atoms with Gasteiger partial charge < -0.3 is 10.3 Å². The Bertz CT molecular complexity index is 1050. The lowest BCUT2D eigenvalue weighted by Crippen LogP contribution is -2.62. The summed E-state index contributed by atoms with van der Waals surface area (Å²) in [6.07, 6.45) is 1.24. The van der Waals surface area contributed by atoms with Gasteiger partial charge in [-0.05, 0) is 37.5 Å². The minimum absolute atomic E-state index is 0.0124. The molecule has 1 amide bonds. The summed E-state index contributed by atoms with van der Waals surface area (Å²) in [4.78, 5) is 26.8. The van der Waals surface area contributed by atoms with Crippen molar-refractivity contribution in [1.29, 1.82) is 0 Å². The summed E-state index contributed by atoms with van der Waals surface area (Å²) in [6.45, 7) is 1.71. The molecule has 0 atom stereocenters. The van der Waals surface area contributed by atoms with Gasteiger partial charge in [0.05, 0.1) is 22.6 Å². The third-order valence-corrected chi connectivity index (χ3v) is 7.14. The Morgan fingerprint density at radius 2 is 1.96 bits per heavy atom. The second-order valence-corrected chi connectivity index (χ2v) is 9.39. The van der Waals surface area contributed by atoms with E-state index >= 15 is 0 Å². The van der Waals surface area contributed by atoms with Crippen molar-refractivity contribution in [2.45, 2.75) is 25.8 Å². The lowest BCUT2D eigenvalue weighted by molar-refractivity contribution is 0.0783. The number of fused-ring (bicyclic) bond motifs is 1. The Hall–Kier alpha value is -2.22. The van der Waals surface area contributed by atoms with Crippen molar-refractivity contribution < 1.29 is 17.6 Å². The zero-order chi connectivity index (χ0) is 18.0. The fraction of sp³-hybridized carbons (Fsp3) is 0.412. The van der Waals surface area contributed by atoms with Crippen molar-refractivity contribution in [2.24, 2.45) is 5.41 Å². The first-order valence-corrected chi connectivity index (χ1v) is 9.83. The summed E-state index contributed by atoms with van der Waals surface area (Å²) in [5, 5.41) is 3.19. The summed E-state index contributed by atoms with van der Waals surface area (Å²) < 4.78 is 36.7. The molecule has 1 aromatic heterocycles. The lowest BCUT2D eigenvalue weighted by atomic mass is 9.67. The van der Waals surface area contributed by atoms with E-state index in [4.69, 9.17) is 0 Å². The van der Waals surface area contributed by atoms with Gasteiger partial charge in [-0.2, -0.15) is 0 Å². The Balaban J connectivity index is 1.58. The number of hydrogen-bond donors (Lipinski definition) is 2. The number of aromatic nitrogens is 1. The normalized spacial score (nSPS) is 20.9. The van der Waals surface area contributed by atoms with Gasteiger partial charge in [-0.15, -0.1) is 0 Å². The van der Waals surface area contributed by atoms with E-state index in [2.05, 4.69) is 10.3 Å². The van der Waals surface area contributed by atoms with Crippen LogP contribution in [-0.2, 0) is 9.84 Å². The van der Waals surface area contributed by atoms with Gasteiger partial charge in [-0.1, -0.05) is 0 Å². The number of nitrogens with one attached hydrogen (secondary N) is 2. The Kier molecular flexibility index (Phi) is 3.34. The highest BCUT2D eigenvalue weighted by Crippen LogP contribution is 2.49. The molecule has 2 aliphatic rings. The van der Waals surface area contributed by atoms with Crippen LogP contribution in [0, 0.1) is 18.2 Å². The highest BCUT2D eigenvalue weighted by molar-refractivity contribution is 7.92. The van der Waals surface area contributed by atoms with Crippen LogP contribution in [-0.4, -0.2) is 36.9 Å². The molecule has 2 fully saturated rings. The van der Waals surface area contributed by atoms with Crippen LogP contribution in [0.15, 0.2) is 23.0 Å². The number of halogens is 1. The summed E-state index contributed by atoms with van der Waals surface area (Å²) in [5.74, 6) is -0.651. The van der Waals surface area contributed by atoms with E-state index in [0.717, 1.165) is 0 Å². The van der Waals surface area contributed by atoms with Crippen LogP contribution >= 0.6 is 0 Å². The third kappa shape index (κ3) is 2.74. The van der Waals surface area contributed by atoms with Crippen molar-refractivity contribution in [1.82, 2.24) is 10.3 Å². The van der Waals surface area contributed by atoms with Gasteiger partial charge in [0.15, 0.2) is 9.84 Å². The largest absolute Gasteiger partial charge is 0.349 e. The molecule has 8 heteroatoms. The number of H-pyrrole nitrogens is 1. The fourth-order valence-electron chi connectivity index (χ4n) is 4.11. The SMILES string of the molecule is Cc1cc(F)c2[nH]c(=O)cc(C(=O)NC3CC4(C3)CS(=O)(=O)C4)c2c1. The molecule has 1 aliphatic heterocycles. The molecule has 0 radical (unpaired) electrons. The number of benzene rings is 1. The number of rotatable bonds is 2. The summed E-state index contributed by atoms with van der Waals surface area (Å²) in [5.41, 5.74) is 0.0567. The number of hydrogen-bond acceptors (Lipinski definition) is 4. The van der Waals surface area contributed by atoms with E-state index in [0.29, 0.717) is 23.8 Å². The van der Waals surface area contributed by atoms with Crippen LogP contribution in [0.3, 0.4) is 0 Å². The molecule has 0 bridgehead atoms.